The molecule has 3 aromatic rings. The van der Waals surface area contributed by atoms with Gasteiger partial charge in [0, 0.05) is 23.0 Å². The number of benzene rings is 2. The molecule has 1 aliphatic heterocycles. The van der Waals surface area contributed by atoms with Crippen LogP contribution in [-0.4, -0.2) is 21.3 Å². The first-order valence-electron chi connectivity index (χ1n) is 7.69. The first kappa shape index (κ1) is 14.3. The zero-order chi connectivity index (χ0) is 16.0. The SMILES string of the molecule is Cc1cccc(-c2nnc3n2-c2ccc(Cl)cc2NC[C@H]3C)c1. The van der Waals surface area contributed by atoms with E-state index in [1.54, 1.807) is 0 Å². The van der Waals surface area contributed by atoms with Crippen molar-refractivity contribution >= 4 is 17.3 Å². The van der Waals surface area contributed by atoms with E-state index in [2.05, 4.69) is 52.1 Å². The lowest BCUT2D eigenvalue weighted by molar-refractivity contribution is 0.725. The fourth-order valence-corrected chi connectivity index (χ4v) is 3.20. The average molecular weight is 325 g/mol. The molecule has 2 aromatic carbocycles. The topological polar surface area (TPSA) is 42.7 Å². The molecule has 1 N–H and O–H groups in total. The van der Waals surface area contributed by atoms with Crippen molar-refractivity contribution < 1.29 is 0 Å². The van der Waals surface area contributed by atoms with Gasteiger partial charge in [-0.15, -0.1) is 10.2 Å². The van der Waals surface area contributed by atoms with Gasteiger partial charge in [-0.05, 0) is 31.2 Å². The van der Waals surface area contributed by atoms with Gasteiger partial charge in [-0.3, -0.25) is 4.57 Å². The number of hydrogen-bond donors (Lipinski definition) is 1. The third-order valence-corrected chi connectivity index (χ3v) is 4.44. The molecule has 0 fully saturated rings. The highest BCUT2D eigenvalue weighted by molar-refractivity contribution is 6.31. The minimum absolute atomic E-state index is 0.257. The summed E-state index contributed by atoms with van der Waals surface area (Å²) in [6, 6.07) is 14.2. The van der Waals surface area contributed by atoms with Crippen LogP contribution in [0.1, 0.15) is 24.2 Å². The van der Waals surface area contributed by atoms with Crippen LogP contribution in [0.5, 0.6) is 0 Å². The molecular formula is C18H17ClN4. The molecule has 4 rings (SSSR count). The minimum atomic E-state index is 0.257. The van der Waals surface area contributed by atoms with Crippen molar-refractivity contribution in [3.05, 3.63) is 58.9 Å². The molecule has 0 saturated carbocycles. The summed E-state index contributed by atoms with van der Waals surface area (Å²) in [6.45, 7) is 5.04. The third kappa shape index (κ3) is 2.39. The highest BCUT2D eigenvalue weighted by Crippen LogP contribution is 2.34. The lowest BCUT2D eigenvalue weighted by atomic mass is 10.1. The van der Waals surface area contributed by atoms with Gasteiger partial charge in [0.2, 0.25) is 0 Å². The predicted octanol–water partition coefficient (Wildman–Crippen LogP) is 4.43. The zero-order valence-corrected chi connectivity index (χ0v) is 13.8. The van der Waals surface area contributed by atoms with Crippen LogP contribution in [0.2, 0.25) is 5.02 Å². The summed E-state index contributed by atoms with van der Waals surface area (Å²) in [5.74, 6) is 2.09. The Bertz CT molecular complexity index is 884. The summed E-state index contributed by atoms with van der Waals surface area (Å²) in [7, 11) is 0. The van der Waals surface area contributed by atoms with Crippen molar-refractivity contribution in [2.45, 2.75) is 19.8 Å². The number of hydrogen-bond acceptors (Lipinski definition) is 3. The first-order chi connectivity index (χ1) is 11.1. The number of nitrogens with one attached hydrogen (secondary N) is 1. The summed E-state index contributed by atoms with van der Waals surface area (Å²) in [5, 5.41) is 13.1. The van der Waals surface area contributed by atoms with Crippen LogP contribution in [-0.2, 0) is 0 Å². The second-order valence-corrected chi connectivity index (χ2v) is 6.47. The number of halogens is 1. The molecule has 2 heterocycles. The van der Waals surface area contributed by atoms with Crippen molar-refractivity contribution in [1.82, 2.24) is 14.8 Å². The summed E-state index contributed by atoms with van der Waals surface area (Å²) < 4.78 is 2.14. The molecule has 0 spiro atoms. The van der Waals surface area contributed by atoms with E-state index in [9.17, 15) is 0 Å². The van der Waals surface area contributed by atoms with E-state index in [1.165, 1.54) is 5.56 Å². The largest absolute Gasteiger partial charge is 0.383 e. The molecule has 0 saturated heterocycles. The van der Waals surface area contributed by atoms with Crippen LogP contribution < -0.4 is 5.32 Å². The molecule has 1 aromatic heterocycles. The van der Waals surface area contributed by atoms with Crippen LogP contribution in [0.15, 0.2) is 42.5 Å². The van der Waals surface area contributed by atoms with E-state index in [0.29, 0.717) is 0 Å². The normalized spacial score (nSPS) is 16.2. The Morgan fingerprint density at radius 2 is 2.04 bits per heavy atom. The van der Waals surface area contributed by atoms with Crippen molar-refractivity contribution in [2.24, 2.45) is 0 Å². The second-order valence-electron chi connectivity index (χ2n) is 6.03. The molecule has 23 heavy (non-hydrogen) atoms. The Kier molecular flexibility index (Phi) is 3.34. The second kappa shape index (κ2) is 5.39. The van der Waals surface area contributed by atoms with E-state index in [4.69, 9.17) is 11.6 Å². The maximum absolute atomic E-state index is 6.16. The summed E-state index contributed by atoms with van der Waals surface area (Å²) in [4.78, 5) is 0. The van der Waals surface area contributed by atoms with Gasteiger partial charge in [-0.2, -0.15) is 0 Å². The van der Waals surface area contributed by atoms with Gasteiger partial charge in [0.1, 0.15) is 5.82 Å². The van der Waals surface area contributed by atoms with Gasteiger partial charge in [0.25, 0.3) is 0 Å². The zero-order valence-electron chi connectivity index (χ0n) is 13.0. The van der Waals surface area contributed by atoms with E-state index in [-0.39, 0.29) is 5.92 Å². The number of aromatic nitrogens is 3. The molecule has 0 bridgehead atoms. The Labute approximate surface area is 140 Å². The predicted molar refractivity (Wildman–Crippen MR) is 93.4 cm³/mol. The van der Waals surface area contributed by atoms with Gasteiger partial charge in [0.05, 0.1) is 11.4 Å². The molecule has 1 aliphatic rings. The van der Waals surface area contributed by atoms with Gasteiger partial charge in [0.15, 0.2) is 5.82 Å². The smallest absolute Gasteiger partial charge is 0.168 e. The standard InChI is InChI=1S/C18H17ClN4/c1-11-4-3-5-13(8-11)18-22-21-17-12(2)10-20-15-9-14(19)6-7-16(15)23(17)18/h3-9,12,20H,10H2,1-2H3/t12-/m1/s1. The number of rotatable bonds is 1. The highest BCUT2D eigenvalue weighted by atomic mass is 35.5. The minimum Gasteiger partial charge on any atom is -0.383 e. The number of nitrogens with zero attached hydrogens (tertiary/aromatic N) is 3. The van der Waals surface area contributed by atoms with Crippen molar-refractivity contribution in [3.63, 3.8) is 0 Å². The highest BCUT2D eigenvalue weighted by Gasteiger charge is 2.25. The van der Waals surface area contributed by atoms with Crippen LogP contribution >= 0.6 is 11.6 Å². The molecular weight excluding hydrogens is 308 g/mol. The van der Waals surface area contributed by atoms with E-state index < -0.39 is 0 Å². The number of fused-ring (bicyclic) bond motifs is 3. The Balaban J connectivity index is 1.99. The van der Waals surface area contributed by atoms with E-state index in [1.807, 2.05) is 24.3 Å². The Morgan fingerprint density at radius 3 is 2.87 bits per heavy atom. The van der Waals surface area contributed by atoms with Crippen LogP contribution in [0.4, 0.5) is 5.69 Å². The number of aryl methyl sites for hydroxylation is 1. The molecule has 4 nitrogen and oxygen atoms in total. The fourth-order valence-electron chi connectivity index (χ4n) is 3.02. The quantitative estimate of drug-likeness (QED) is 0.720. The van der Waals surface area contributed by atoms with Gasteiger partial charge >= 0.3 is 0 Å². The Morgan fingerprint density at radius 1 is 1.17 bits per heavy atom. The van der Waals surface area contributed by atoms with Crippen molar-refractivity contribution in [3.8, 4) is 17.1 Å². The summed E-state index contributed by atoms with van der Waals surface area (Å²) >= 11 is 6.16. The maximum Gasteiger partial charge on any atom is 0.168 e. The fraction of sp³-hybridized carbons (Fsp3) is 0.222. The summed E-state index contributed by atoms with van der Waals surface area (Å²) in [6.07, 6.45) is 0. The molecule has 0 aliphatic carbocycles. The third-order valence-electron chi connectivity index (χ3n) is 4.20. The lowest BCUT2D eigenvalue weighted by Crippen LogP contribution is -2.09. The molecule has 1 atom stereocenters. The maximum atomic E-state index is 6.16. The van der Waals surface area contributed by atoms with Crippen molar-refractivity contribution in [1.29, 1.82) is 0 Å². The van der Waals surface area contributed by atoms with Crippen molar-refractivity contribution in [2.75, 3.05) is 11.9 Å². The summed E-state index contributed by atoms with van der Waals surface area (Å²) in [5.41, 5.74) is 4.32. The molecule has 116 valence electrons. The Hall–Kier alpha value is -2.33. The van der Waals surface area contributed by atoms with Gasteiger partial charge in [-0.1, -0.05) is 42.3 Å². The van der Waals surface area contributed by atoms with Crippen LogP contribution in [0.25, 0.3) is 17.1 Å². The van der Waals surface area contributed by atoms with Crippen LogP contribution in [0.3, 0.4) is 0 Å². The molecule has 0 unspecified atom stereocenters. The monoisotopic (exact) mass is 324 g/mol. The van der Waals surface area contributed by atoms with Gasteiger partial charge < -0.3 is 5.32 Å². The lowest BCUT2D eigenvalue weighted by Gasteiger charge is -2.12. The molecule has 0 radical (unpaired) electrons. The van der Waals surface area contributed by atoms with Crippen LogP contribution in [0, 0.1) is 6.92 Å². The number of anilines is 1. The van der Waals surface area contributed by atoms with E-state index >= 15 is 0 Å². The molecule has 5 heteroatoms. The molecule has 0 amide bonds. The van der Waals surface area contributed by atoms with Gasteiger partial charge in [-0.25, -0.2) is 0 Å². The average Bonchev–Trinajstić information content (AvgIpc) is 2.92. The van der Waals surface area contributed by atoms with E-state index in [0.717, 1.165) is 40.2 Å². The first-order valence-corrected chi connectivity index (χ1v) is 8.07.